The molecule has 0 aliphatic rings. The molecule has 0 aliphatic heterocycles. The largest absolute Gasteiger partial charge is 0.467 e. The van der Waals surface area contributed by atoms with Crippen LogP contribution in [-0.2, 0) is 17.8 Å². The van der Waals surface area contributed by atoms with Gasteiger partial charge in [-0.15, -0.1) is 0 Å². The zero-order chi connectivity index (χ0) is 13.9. The molecule has 1 amide bonds. The van der Waals surface area contributed by atoms with Crippen LogP contribution >= 0.6 is 0 Å². The molecule has 102 valence electrons. The lowest BCUT2D eigenvalue weighted by molar-refractivity contribution is -0.120. The lowest BCUT2D eigenvalue weighted by atomic mass is 10.1. The number of hydrogen-bond donors (Lipinski definition) is 3. The van der Waals surface area contributed by atoms with E-state index in [0.29, 0.717) is 17.8 Å². The predicted octanol–water partition coefficient (Wildman–Crippen LogP) is 1.31. The van der Waals surface area contributed by atoms with E-state index in [2.05, 4.69) is 15.3 Å². The van der Waals surface area contributed by atoms with Crippen LogP contribution in [0, 0.1) is 0 Å². The van der Waals surface area contributed by atoms with Gasteiger partial charge in [0.2, 0.25) is 5.91 Å². The number of hydrogen-bond acceptors (Lipinski definition) is 3. The Morgan fingerprint density at radius 1 is 1.20 bits per heavy atom. The average molecular weight is 271 g/mol. The third-order valence-corrected chi connectivity index (χ3v) is 2.98. The van der Waals surface area contributed by atoms with Crippen LogP contribution in [0.3, 0.4) is 0 Å². The van der Waals surface area contributed by atoms with Crippen LogP contribution in [-0.4, -0.2) is 15.9 Å². The predicted molar refractivity (Wildman–Crippen MR) is 73.2 cm³/mol. The number of aromatic amines is 2. The van der Waals surface area contributed by atoms with Crippen molar-refractivity contribution in [2.75, 3.05) is 0 Å². The highest BCUT2D eigenvalue weighted by Gasteiger charge is 2.06. The number of rotatable bonds is 4. The van der Waals surface area contributed by atoms with Crippen molar-refractivity contribution in [1.82, 2.24) is 15.3 Å². The fourth-order valence-corrected chi connectivity index (χ4v) is 2.04. The van der Waals surface area contributed by atoms with E-state index in [-0.39, 0.29) is 18.0 Å². The summed E-state index contributed by atoms with van der Waals surface area (Å²) >= 11 is 0. The Kier molecular flexibility index (Phi) is 3.12. The van der Waals surface area contributed by atoms with Crippen LogP contribution in [0.4, 0.5) is 0 Å². The number of fused-ring (bicyclic) bond motifs is 1. The van der Waals surface area contributed by atoms with Gasteiger partial charge in [-0.05, 0) is 29.8 Å². The van der Waals surface area contributed by atoms with Crippen LogP contribution in [0.25, 0.3) is 11.0 Å². The zero-order valence-electron chi connectivity index (χ0n) is 10.6. The van der Waals surface area contributed by atoms with Gasteiger partial charge in [-0.25, -0.2) is 4.79 Å². The number of carbonyl (C=O) groups is 1. The molecule has 0 aliphatic carbocycles. The zero-order valence-corrected chi connectivity index (χ0v) is 10.6. The van der Waals surface area contributed by atoms with E-state index in [4.69, 9.17) is 4.42 Å². The summed E-state index contributed by atoms with van der Waals surface area (Å²) in [5.41, 5.74) is 2.02. The van der Waals surface area contributed by atoms with Crippen LogP contribution < -0.4 is 11.0 Å². The maximum Gasteiger partial charge on any atom is 0.323 e. The second-order valence-corrected chi connectivity index (χ2v) is 4.49. The van der Waals surface area contributed by atoms with Crippen molar-refractivity contribution in [1.29, 1.82) is 0 Å². The number of H-pyrrole nitrogens is 2. The number of carbonyl (C=O) groups excluding carboxylic acids is 1. The number of furan rings is 1. The maximum atomic E-state index is 11.8. The summed E-state index contributed by atoms with van der Waals surface area (Å²) in [6.07, 6.45) is 1.82. The summed E-state index contributed by atoms with van der Waals surface area (Å²) in [5.74, 6) is 0.613. The fraction of sp³-hybridized carbons (Fsp3) is 0.143. The molecular weight excluding hydrogens is 258 g/mol. The van der Waals surface area contributed by atoms with E-state index in [0.717, 1.165) is 11.1 Å². The molecule has 0 fully saturated rings. The molecule has 2 heterocycles. The van der Waals surface area contributed by atoms with Crippen molar-refractivity contribution in [3.63, 3.8) is 0 Å². The smallest absolute Gasteiger partial charge is 0.323 e. The van der Waals surface area contributed by atoms with Gasteiger partial charge in [0.25, 0.3) is 0 Å². The Hall–Kier alpha value is -2.76. The first-order valence-corrected chi connectivity index (χ1v) is 6.21. The maximum absolute atomic E-state index is 11.8. The van der Waals surface area contributed by atoms with E-state index >= 15 is 0 Å². The molecule has 0 atom stereocenters. The molecule has 3 rings (SSSR count). The highest BCUT2D eigenvalue weighted by molar-refractivity contribution is 5.81. The van der Waals surface area contributed by atoms with Crippen LogP contribution in [0.5, 0.6) is 0 Å². The Labute approximate surface area is 113 Å². The van der Waals surface area contributed by atoms with Gasteiger partial charge >= 0.3 is 5.69 Å². The SMILES string of the molecule is O=C(Cc1ccc2[nH]c(=O)[nH]c2c1)NCc1ccco1. The van der Waals surface area contributed by atoms with Gasteiger partial charge in [-0.3, -0.25) is 4.79 Å². The first kappa shape index (κ1) is 12.3. The number of nitrogens with one attached hydrogen (secondary N) is 3. The second kappa shape index (κ2) is 5.08. The summed E-state index contributed by atoms with van der Waals surface area (Å²) < 4.78 is 5.14. The molecule has 6 heteroatoms. The van der Waals surface area contributed by atoms with Crippen molar-refractivity contribution < 1.29 is 9.21 Å². The van der Waals surface area contributed by atoms with Gasteiger partial charge in [-0.1, -0.05) is 6.07 Å². The second-order valence-electron chi connectivity index (χ2n) is 4.49. The van der Waals surface area contributed by atoms with Crippen LogP contribution in [0.15, 0.2) is 45.8 Å². The lowest BCUT2D eigenvalue weighted by Crippen LogP contribution is -2.24. The molecule has 0 saturated carbocycles. The van der Waals surface area contributed by atoms with E-state index in [1.165, 1.54) is 0 Å². The monoisotopic (exact) mass is 271 g/mol. The van der Waals surface area contributed by atoms with Gasteiger partial charge in [0.15, 0.2) is 0 Å². The fourth-order valence-electron chi connectivity index (χ4n) is 2.04. The molecule has 0 radical (unpaired) electrons. The number of aromatic nitrogens is 2. The minimum absolute atomic E-state index is 0.0985. The molecule has 0 spiro atoms. The molecule has 6 nitrogen and oxygen atoms in total. The van der Waals surface area contributed by atoms with Gasteiger partial charge in [-0.2, -0.15) is 0 Å². The van der Waals surface area contributed by atoms with Gasteiger partial charge in [0, 0.05) is 0 Å². The number of amides is 1. The van der Waals surface area contributed by atoms with Gasteiger partial charge in [0.1, 0.15) is 5.76 Å². The lowest BCUT2D eigenvalue weighted by Gasteiger charge is -2.03. The van der Waals surface area contributed by atoms with Gasteiger partial charge in [0.05, 0.1) is 30.3 Å². The number of benzene rings is 1. The standard InChI is InChI=1S/C14H13N3O3/c18-13(15-8-10-2-1-5-20-10)7-9-3-4-11-12(6-9)17-14(19)16-11/h1-6H,7-8H2,(H,15,18)(H2,16,17,19). The normalized spacial score (nSPS) is 10.8. The van der Waals surface area contributed by atoms with E-state index in [1.54, 1.807) is 30.5 Å². The average Bonchev–Trinajstić information content (AvgIpc) is 3.04. The Bertz CT molecular complexity index is 783. The molecule has 0 unspecified atom stereocenters. The first-order chi connectivity index (χ1) is 9.70. The molecule has 3 aromatic rings. The molecule has 3 N–H and O–H groups in total. The quantitative estimate of drug-likeness (QED) is 0.668. The third kappa shape index (κ3) is 2.64. The first-order valence-electron chi connectivity index (χ1n) is 6.21. The van der Waals surface area contributed by atoms with E-state index in [9.17, 15) is 9.59 Å². The Morgan fingerprint density at radius 2 is 2.05 bits per heavy atom. The van der Waals surface area contributed by atoms with Crippen LogP contribution in [0.2, 0.25) is 0 Å². The van der Waals surface area contributed by atoms with Crippen molar-refractivity contribution in [2.24, 2.45) is 0 Å². The minimum atomic E-state index is -0.251. The Morgan fingerprint density at radius 3 is 2.85 bits per heavy atom. The molecule has 0 saturated heterocycles. The summed E-state index contributed by atoms with van der Waals surface area (Å²) in [4.78, 5) is 28.3. The third-order valence-electron chi connectivity index (χ3n) is 2.98. The van der Waals surface area contributed by atoms with Gasteiger partial charge < -0.3 is 19.7 Å². The van der Waals surface area contributed by atoms with Crippen molar-refractivity contribution in [3.8, 4) is 0 Å². The van der Waals surface area contributed by atoms with E-state index in [1.807, 2.05) is 6.07 Å². The van der Waals surface area contributed by atoms with Crippen molar-refractivity contribution >= 4 is 16.9 Å². The molecule has 20 heavy (non-hydrogen) atoms. The molecule has 1 aromatic carbocycles. The Balaban J connectivity index is 1.66. The molecule has 0 bridgehead atoms. The van der Waals surface area contributed by atoms with E-state index < -0.39 is 0 Å². The minimum Gasteiger partial charge on any atom is -0.467 e. The molecular formula is C14H13N3O3. The highest BCUT2D eigenvalue weighted by Crippen LogP contribution is 2.10. The van der Waals surface area contributed by atoms with Crippen molar-refractivity contribution in [2.45, 2.75) is 13.0 Å². The summed E-state index contributed by atoms with van der Waals surface area (Å²) in [5, 5.41) is 2.77. The summed E-state index contributed by atoms with van der Waals surface area (Å²) in [6, 6.07) is 8.97. The highest BCUT2D eigenvalue weighted by atomic mass is 16.3. The summed E-state index contributed by atoms with van der Waals surface area (Å²) in [6.45, 7) is 0.370. The summed E-state index contributed by atoms with van der Waals surface area (Å²) in [7, 11) is 0. The topological polar surface area (TPSA) is 90.9 Å². The number of imidazole rings is 1. The van der Waals surface area contributed by atoms with Crippen molar-refractivity contribution in [3.05, 3.63) is 58.4 Å². The molecule has 2 aromatic heterocycles. The van der Waals surface area contributed by atoms with Crippen LogP contribution in [0.1, 0.15) is 11.3 Å².